The Hall–Kier alpha value is -2.00. The fourth-order valence-corrected chi connectivity index (χ4v) is 4.93. The molecule has 1 N–H and O–H groups in total. The summed E-state index contributed by atoms with van der Waals surface area (Å²) in [6, 6.07) is 10.4. The largest absolute Gasteiger partial charge is 0.352 e. The molecule has 0 fully saturated rings. The average molecular weight is 563 g/mol. The van der Waals surface area contributed by atoms with Crippen LogP contribution in [0.5, 0.6) is 0 Å². The summed E-state index contributed by atoms with van der Waals surface area (Å²) in [6.07, 6.45) is 2.01. The molecular weight excluding hydrogens is 533 g/mol. The molecule has 0 unspecified atom stereocenters. The van der Waals surface area contributed by atoms with Gasteiger partial charge in [-0.25, -0.2) is 8.42 Å². The molecule has 7 nitrogen and oxygen atoms in total. The summed E-state index contributed by atoms with van der Waals surface area (Å²) < 4.78 is 26.2. The molecule has 0 aliphatic rings. The molecule has 35 heavy (non-hydrogen) atoms. The van der Waals surface area contributed by atoms with Crippen molar-refractivity contribution in [3.05, 3.63) is 63.1 Å². The van der Waals surface area contributed by atoms with Crippen molar-refractivity contribution < 1.29 is 18.0 Å². The molecule has 2 aromatic rings. The van der Waals surface area contributed by atoms with Crippen LogP contribution in [0.3, 0.4) is 0 Å². The standard InChI is InChI=1S/C24H30Cl3N3O4S/c1-5-16(3)28-24(32)21(6-2)29(14-17-9-7-8-10-19(17)26)23(31)15-30(35(4,33)34)22-13-18(25)11-12-20(22)27/h7-13,16,21H,5-6,14-15H2,1-4H3,(H,28,32)/t16-,21-/m0/s1. The van der Waals surface area contributed by atoms with Crippen molar-refractivity contribution in [2.75, 3.05) is 17.1 Å². The Morgan fingerprint density at radius 1 is 1.00 bits per heavy atom. The molecule has 2 amide bonds. The van der Waals surface area contributed by atoms with E-state index in [1.54, 1.807) is 31.2 Å². The maximum atomic E-state index is 13.7. The molecule has 0 aliphatic carbocycles. The molecule has 0 saturated heterocycles. The lowest BCUT2D eigenvalue weighted by molar-refractivity contribution is -0.140. The number of rotatable bonds is 11. The van der Waals surface area contributed by atoms with E-state index >= 15 is 0 Å². The van der Waals surface area contributed by atoms with Gasteiger partial charge in [0, 0.05) is 22.6 Å². The van der Waals surface area contributed by atoms with Crippen LogP contribution in [0.15, 0.2) is 42.5 Å². The van der Waals surface area contributed by atoms with Gasteiger partial charge in [-0.1, -0.05) is 66.8 Å². The number of amides is 2. The Balaban J connectivity index is 2.50. The second kappa shape index (κ2) is 12.8. The molecule has 2 atom stereocenters. The highest BCUT2D eigenvalue weighted by Gasteiger charge is 2.33. The van der Waals surface area contributed by atoms with Crippen molar-refractivity contribution in [1.29, 1.82) is 0 Å². The topological polar surface area (TPSA) is 86.8 Å². The van der Waals surface area contributed by atoms with Crippen molar-refractivity contribution in [2.45, 2.75) is 52.2 Å². The second-order valence-corrected chi connectivity index (χ2v) is 11.4. The van der Waals surface area contributed by atoms with Crippen molar-refractivity contribution in [3.8, 4) is 0 Å². The van der Waals surface area contributed by atoms with Crippen molar-refractivity contribution in [3.63, 3.8) is 0 Å². The molecule has 0 radical (unpaired) electrons. The highest BCUT2D eigenvalue weighted by molar-refractivity contribution is 7.92. The first-order valence-corrected chi connectivity index (χ1v) is 14.1. The van der Waals surface area contributed by atoms with E-state index < -0.39 is 28.5 Å². The number of halogens is 3. The molecule has 2 rings (SSSR count). The van der Waals surface area contributed by atoms with E-state index in [0.29, 0.717) is 17.0 Å². The Morgan fingerprint density at radius 3 is 2.23 bits per heavy atom. The number of carbonyl (C=O) groups is 2. The minimum Gasteiger partial charge on any atom is -0.352 e. The van der Waals surface area contributed by atoms with Crippen molar-refractivity contribution >= 4 is 62.3 Å². The predicted octanol–water partition coefficient (Wildman–Crippen LogP) is 5.13. The summed E-state index contributed by atoms with van der Waals surface area (Å²) in [6.45, 7) is 5.05. The normalized spacial score (nSPS) is 13.1. The van der Waals surface area contributed by atoms with Gasteiger partial charge in [0.25, 0.3) is 0 Å². The zero-order chi connectivity index (χ0) is 26.3. The number of sulfonamides is 1. The van der Waals surface area contributed by atoms with Crippen LogP contribution >= 0.6 is 34.8 Å². The molecule has 0 spiro atoms. The molecule has 0 bridgehead atoms. The van der Waals surface area contributed by atoms with E-state index in [0.717, 1.165) is 17.0 Å². The van der Waals surface area contributed by atoms with E-state index in [-0.39, 0.29) is 34.2 Å². The number of nitrogens with one attached hydrogen (secondary N) is 1. The zero-order valence-electron chi connectivity index (χ0n) is 20.1. The zero-order valence-corrected chi connectivity index (χ0v) is 23.2. The number of anilines is 1. The lowest BCUT2D eigenvalue weighted by atomic mass is 10.1. The summed E-state index contributed by atoms with van der Waals surface area (Å²) in [4.78, 5) is 28.1. The first kappa shape index (κ1) is 29.2. The minimum atomic E-state index is -3.93. The summed E-state index contributed by atoms with van der Waals surface area (Å²) in [7, 11) is -3.93. The summed E-state index contributed by atoms with van der Waals surface area (Å²) >= 11 is 18.7. The first-order chi connectivity index (χ1) is 16.4. The van der Waals surface area contributed by atoms with Gasteiger partial charge < -0.3 is 10.2 Å². The van der Waals surface area contributed by atoms with Crippen LogP contribution in [0.1, 0.15) is 39.2 Å². The summed E-state index contributed by atoms with van der Waals surface area (Å²) in [5, 5.41) is 3.72. The van der Waals surface area contributed by atoms with Crippen molar-refractivity contribution in [2.24, 2.45) is 0 Å². The predicted molar refractivity (Wildman–Crippen MR) is 143 cm³/mol. The number of nitrogens with zero attached hydrogens (tertiary/aromatic N) is 2. The van der Waals surface area contributed by atoms with Crippen LogP contribution in [0.2, 0.25) is 15.1 Å². The SMILES string of the molecule is CC[C@H](C)NC(=O)[C@H](CC)N(Cc1ccccc1Cl)C(=O)CN(c1cc(Cl)ccc1Cl)S(C)(=O)=O. The third kappa shape index (κ3) is 8.00. The smallest absolute Gasteiger partial charge is 0.244 e. The van der Waals surface area contributed by atoms with Gasteiger partial charge in [0.15, 0.2) is 0 Å². The Kier molecular flexibility index (Phi) is 10.7. The molecule has 192 valence electrons. The number of hydrogen-bond acceptors (Lipinski definition) is 4. The van der Waals surface area contributed by atoms with Gasteiger partial charge in [-0.3, -0.25) is 13.9 Å². The molecule has 0 heterocycles. The third-order valence-corrected chi connectivity index (χ3v) is 7.59. The highest BCUT2D eigenvalue weighted by Crippen LogP contribution is 2.31. The molecular formula is C24H30Cl3N3O4S. The van der Waals surface area contributed by atoms with Crippen LogP contribution in [0.25, 0.3) is 0 Å². The highest BCUT2D eigenvalue weighted by atomic mass is 35.5. The molecule has 0 aromatic heterocycles. The second-order valence-electron chi connectivity index (χ2n) is 8.22. The van der Waals surface area contributed by atoms with E-state index in [1.807, 2.05) is 13.8 Å². The monoisotopic (exact) mass is 561 g/mol. The third-order valence-electron chi connectivity index (χ3n) is 5.54. The maximum Gasteiger partial charge on any atom is 0.244 e. The van der Waals surface area contributed by atoms with Gasteiger partial charge >= 0.3 is 0 Å². The first-order valence-electron chi connectivity index (χ1n) is 11.1. The van der Waals surface area contributed by atoms with E-state index in [4.69, 9.17) is 34.8 Å². The van der Waals surface area contributed by atoms with Gasteiger partial charge in [-0.2, -0.15) is 0 Å². The number of hydrogen-bond donors (Lipinski definition) is 1. The van der Waals surface area contributed by atoms with Gasteiger partial charge in [0.1, 0.15) is 12.6 Å². The molecule has 0 saturated carbocycles. The van der Waals surface area contributed by atoms with Gasteiger partial charge in [-0.15, -0.1) is 0 Å². The number of benzene rings is 2. The van der Waals surface area contributed by atoms with Gasteiger partial charge in [-0.05, 0) is 49.6 Å². The quantitative estimate of drug-likeness (QED) is 0.411. The maximum absolute atomic E-state index is 13.7. The molecule has 2 aromatic carbocycles. The Bertz CT molecular complexity index is 1160. The van der Waals surface area contributed by atoms with Crippen LogP contribution in [0, 0.1) is 0 Å². The van der Waals surface area contributed by atoms with Crippen LogP contribution in [-0.2, 0) is 26.2 Å². The average Bonchev–Trinajstić information content (AvgIpc) is 2.79. The lowest BCUT2D eigenvalue weighted by Gasteiger charge is -2.33. The minimum absolute atomic E-state index is 0.0197. The molecule has 0 aliphatic heterocycles. The fourth-order valence-electron chi connectivity index (χ4n) is 3.44. The molecule has 11 heteroatoms. The summed E-state index contributed by atoms with van der Waals surface area (Å²) in [5.74, 6) is -0.911. The van der Waals surface area contributed by atoms with Gasteiger partial charge in [0.05, 0.1) is 17.0 Å². The van der Waals surface area contributed by atoms with Crippen LogP contribution in [-0.4, -0.2) is 50.0 Å². The van der Waals surface area contributed by atoms with Crippen LogP contribution < -0.4 is 9.62 Å². The Morgan fingerprint density at radius 2 is 1.66 bits per heavy atom. The lowest BCUT2D eigenvalue weighted by Crippen LogP contribution is -2.53. The van der Waals surface area contributed by atoms with E-state index in [1.165, 1.54) is 23.1 Å². The van der Waals surface area contributed by atoms with Crippen molar-refractivity contribution in [1.82, 2.24) is 10.2 Å². The fraction of sp³-hybridized carbons (Fsp3) is 0.417. The van der Waals surface area contributed by atoms with Gasteiger partial charge in [0.2, 0.25) is 21.8 Å². The van der Waals surface area contributed by atoms with E-state index in [2.05, 4.69) is 5.32 Å². The Labute approximate surface area is 222 Å². The van der Waals surface area contributed by atoms with E-state index in [9.17, 15) is 18.0 Å². The summed E-state index contributed by atoms with van der Waals surface area (Å²) in [5.41, 5.74) is 0.703. The van der Waals surface area contributed by atoms with Crippen LogP contribution in [0.4, 0.5) is 5.69 Å². The number of carbonyl (C=O) groups excluding carboxylic acids is 2.